The summed E-state index contributed by atoms with van der Waals surface area (Å²) in [5.41, 5.74) is 4.66. The van der Waals surface area contributed by atoms with Crippen molar-refractivity contribution >= 4 is 0 Å². The first kappa shape index (κ1) is 19.9. The Balaban J connectivity index is 1.37. The third-order valence-corrected chi connectivity index (χ3v) is 6.43. The number of nitrogens with zero attached hydrogens (tertiary/aromatic N) is 2. The summed E-state index contributed by atoms with van der Waals surface area (Å²) < 4.78 is 5.48. The molecule has 152 valence electrons. The monoisotopic (exact) mass is 388 g/mol. The fourth-order valence-electron chi connectivity index (χ4n) is 4.53. The first-order valence-corrected chi connectivity index (χ1v) is 11.2. The molecule has 0 saturated heterocycles. The molecule has 0 aliphatic heterocycles. The van der Waals surface area contributed by atoms with Gasteiger partial charge in [-0.3, -0.25) is 0 Å². The SMILES string of the molecule is CCCCCC1CCC(c2ccc(-c3noc(-c4ccc(C)cc4)n3)cc2)CC1. The standard InChI is InChI=1S/C26H32N2O/c1-3-4-5-6-20-9-13-21(14-10-20)22-15-17-23(18-16-22)25-27-26(29-28-25)24-11-7-19(2)8-12-24/h7-8,11-12,15-18,20-21H,3-6,9-10,13-14H2,1-2H3. The van der Waals surface area contributed by atoms with E-state index < -0.39 is 0 Å². The van der Waals surface area contributed by atoms with Crippen molar-refractivity contribution in [1.29, 1.82) is 0 Å². The summed E-state index contributed by atoms with van der Waals surface area (Å²) in [6.45, 7) is 4.36. The molecule has 0 N–H and O–H groups in total. The van der Waals surface area contributed by atoms with Crippen LogP contribution in [0.4, 0.5) is 0 Å². The molecule has 0 bridgehead atoms. The molecule has 3 aromatic rings. The first-order chi connectivity index (χ1) is 14.2. The third kappa shape index (κ3) is 4.95. The molecule has 0 spiro atoms. The van der Waals surface area contributed by atoms with Gasteiger partial charge in [0.25, 0.3) is 5.89 Å². The van der Waals surface area contributed by atoms with Crippen LogP contribution in [0.15, 0.2) is 53.1 Å². The van der Waals surface area contributed by atoms with E-state index in [1.165, 1.54) is 62.5 Å². The molecule has 1 aliphatic carbocycles. The second-order valence-corrected chi connectivity index (χ2v) is 8.62. The fourth-order valence-corrected chi connectivity index (χ4v) is 4.53. The molecule has 2 aromatic carbocycles. The second-order valence-electron chi connectivity index (χ2n) is 8.62. The largest absolute Gasteiger partial charge is 0.334 e. The molecular weight excluding hydrogens is 356 g/mol. The molecular formula is C26H32N2O. The highest BCUT2D eigenvalue weighted by molar-refractivity contribution is 5.60. The van der Waals surface area contributed by atoms with E-state index in [4.69, 9.17) is 4.52 Å². The maximum atomic E-state index is 5.48. The van der Waals surface area contributed by atoms with E-state index in [1.54, 1.807) is 0 Å². The predicted octanol–water partition coefficient (Wildman–Crippen LogP) is 7.57. The van der Waals surface area contributed by atoms with E-state index >= 15 is 0 Å². The number of aromatic nitrogens is 2. The summed E-state index contributed by atoms with van der Waals surface area (Å²) in [6, 6.07) is 17.0. The van der Waals surface area contributed by atoms with Crippen molar-refractivity contribution in [2.75, 3.05) is 0 Å². The summed E-state index contributed by atoms with van der Waals surface area (Å²) in [5.74, 6) is 2.90. The van der Waals surface area contributed by atoms with E-state index in [2.05, 4.69) is 60.4 Å². The van der Waals surface area contributed by atoms with E-state index in [0.29, 0.717) is 17.6 Å². The Morgan fingerprint density at radius 1 is 0.862 bits per heavy atom. The minimum absolute atomic E-state index is 0.575. The van der Waals surface area contributed by atoms with Crippen molar-refractivity contribution < 1.29 is 4.52 Å². The van der Waals surface area contributed by atoms with Gasteiger partial charge in [0.15, 0.2) is 0 Å². The lowest BCUT2D eigenvalue weighted by atomic mass is 9.77. The molecule has 0 atom stereocenters. The van der Waals surface area contributed by atoms with E-state index in [0.717, 1.165) is 17.0 Å². The minimum atomic E-state index is 0.575. The third-order valence-electron chi connectivity index (χ3n) is 6.43. The lowest BCUT2D eigenvalue weighted by molar-refractivity contribution is 0.303. The van der Waals surface area contributed by atoms with Crippen LogP contribution in [0.25, 0.3) is 22.8 Å². The van der Waals surface area contributed by atoms with Crippen LogP contribution < -0.4 is 0 Å². The summed E-state index contributed by atoms with van der Waals surface area (Å²) in [4.78, 5) is 4.59. The van der Waals surface area contributed by atoms with Gasteiger partial charge in [0.1, 0.15) is 0 Å². The topological polar surface area (TPSA) is 38.9 Å². The molecule has 1 aliphatic rings. The number of benzene rings is 2. The molecule has 3 nitrogen and oxygen atoms in total. The van der Waals surface area contributed by atoms with Crippen molar-refractivity contribution in [2.45, 2.75) is 71.1 Å². The molecule has 1 fully saturated rings. The van der Waals surface area contributed by atoms with Gasteiger partial charge >= 0.3 is 0 Å². The first-order valence-electron chi connectivity index (χ1n) is 11.2. The fraction of sp³-hybridized carbons (Fsp3) is 0.462. The number of hydrogen-bond donors (Lipinski definition) is 0. The Hall–Kier alpha value is -2.42. The molecule has 1 aromatic heterocycles. The number of rotatable bonds is 7. The van der Waals surface area contributed by atoms with Gasteiger partial charge in [-0.05, 0) is 62.1 Å². The number of unbranched alkanes of at least 4 members (excludes halogenated alkanes) is 2. The van der Waals surface area contributed by atoms with Crippen molar-refractivity contribution in [1.82, 2.24) is 10.1 Å². The zero-order chi connectivity index (χ0) is 20.1. The van der Waals surface area contributed by atoms with Gasteiger partial charge < -0.3 is 4.52 Å². The summed E-state index contributed by atoms with van der Waals surface area (Å²) in [6.07, 6.45) is 11.0. The van der Waals surface area contributed by atoms with Gasteiger partial charge in [-0.2, -0.15) is 4.98 Å². The van der Waals surface area contributed by atoms with Crippen LogP contribution in [0, 0.1) is 12.8 Å². The average molecular weight is 389 g/mol. The Labute approximate surface area is 174 Å². The molecule has 29 heavy (non-hydrogen) atoms. The van der Waals surface area contributed by atoms with E-state index in [-0.39, 0.29) is 0 Å². The average Bonchev–Trinajstić information content (AvgIpc) is 3.25. The van der Waals surface area contributed by atoms with Gasteiger partial charge in [0, 0.05) is 11.1 Å². The van der Waals surface area contributed by atoms with E-state index in [9.17, 15) is 0 Å². The van der Waals surface area contributed by atoms with Crippen LogP contribution in [0.5, 0.6) is 0 Å². The molecule has 4 rings (SSSR count). The molecule has 1 saturated carbocycles. The zero-order valence-electron chi connectivity index (χ0n) is 17.7. The smallest absolute Gasteiger partial charge is 0.258 e. The van der Waals surface area contributed by atoms with Crippen LogP contribution in [0.3, 0.4) is 0 Å². The lowest BCUT2D eigenvalue weighted by Gasteiger charge is -2.29. The maximum absolute atomic E-state index is 5.48. The van der Waals surface area contributed by atoms with Crippen LogP contribution in [-0.4, -0.2) is 10.1 Å². The summed E-state index contributed by atoms with van der Waals surface area (Å²) in [7, 11) is 0. The molecule has 0 unspecified atom stereocenters. The van der Waals surface area contributed by atoms with E-state index in [1.807, 2.05) is 12.1 Å². The molecule has 0 radical (unpaired) electrons. The molecule has 1 heterocycles. The molecule has 0 amide bonds. The van der Waals surface area contributed by atoms with Crippen molar-refractivity contribution in [3.05, 3.63) is 59.7 Å². The van der Waals surface area contributed by atoms with Crippen molar-refractivity contribution in [2.24, 2.45) is 5.92 Å². The quantitative estimate of drug-likeness (QED) is 0.392. The van der Waals surface area contributed by atoms with Crippen molar-refractivity contribution in [3.8, 4) is 22.8 Å². The zero-order valence-corrected chi connectivity index (χ0v) is 17.7. The maximum Gasteiger partial charge on any atom is 0.258 e. The summed E-state index contributed by atoms with van der Waals surface area (Å²) >= 11 is 0. The normalized spacial score (nSPS) is 19.4. The second kappa shape index (κ2) is 9.39. The summed E-state index contributed by atoms with van der Waals surface area (Å²) in [5, 5.41) is 4.19. The lowest BCUT2D eigenvalue weighted by Crippen LogP contribution is -2.13. The highest BCUT2D eigenvalue weighted by atomic mass is 16.5. The van der Waals surface area contributed by atoms with Crippen LogP contribution >= 0.6 is 0 Å². The Morgan fingerprint density at radius 3 is 2.24 bits per heavy atom. The van der Waals surface area contributed by atoms with Crippen molar-refractivity contribution in [3.63, 3.8) is 0 Å². The highest BCUT2D eigenvalue weighted by Crippen LogP contribution is 2.38. The Morgan fingerprint density at radius 2 is 1.55 bits per heavy atom. The van der Waals surface area contributed by atoms with Crippen LogP contribution in [-0.2, 0) is 0 Å². The Bertz CT molecular complexity index is 887. The predicted molar refractivity (Wildman–Crippen MR) is 119 cm³/mol. The van der Waals surface area contributed by atoms with Gasteiger partial charge in [0.05, 0.1) is 0 Å². The minimum Gasteiger partial charge on any atom is -0.334 e. The van der Waals surface area contributed by atoms with Gasteiger partial charge in [-0.25, -0.2) is 0 Å². The Kier molecular flexibility index (Phi) is 6.43. The van der Waals surface area contributed by atoms with Crippen LogP contribution in [0.2, 0.25) is 0 Å². The molecule has 3 heteroatoms. The number of hydrogen-bond acceptors (Lipinski definition) is 3. The number of aryl methyl sites for hydroxylation is 1. The van der Waals surface area contributed by atoms with Gasteiger partial charge in [-0.15, -0.1) is 0 Å². The van der Waals surface area contributed by atoms with Crippen LogP contribution in [0.1, 0.15) is 75.3 Å². The highest BCUT2D eigenvalue weighted by Gasteiger charge is 2.22. The van der Waals surface area contributed by atoms with Gasteiger partial charge in [-0.1, -0.05) is 79.7 Å². The van der Waals surface area contributed by atoms with Gasteiger partial charge in [0.2, 0.25) is 5.82 Å².